The average Bonchev–Trinajstić information content (AvgIpc) is 2.94. The Balaban J connectivity index is 1.66. The molecule has 2 aromatic rings. The van der Waals surface area contributed by atoms with E-state index in [1.165, 1.54) is 24.3 Å². The van der Waals surface area contributed by atoms with E-state index in [4.69, 9.17) is 55.9 Å². The zero-order chi connectivity index (χ0) is 22.8. The Hall–Kier alpha value is -1.51. The quantitative estimate of drug-likeness (QED) is 0.378. The minimum Gasteiger partial charge on any atom is -0.425 e. The van der Waals surface area contributed by atoms with Crippen molar-refractivity contribution in [3.63, 3.8) is 0 Å². The molecule has 31 heavy (non-hydrogen) atoms. The van der Waals surface area contributed by atoms with Gasteiger partial charge in [-0.3, -0.25) is 9.59 Å². The van der Waals surface area contributed by atoms with Crippen LogP contribution in [0.3, 0.4) is 0 Å². The average molecular weight is 526 g/mol. The zero-order valence-electron chi connectivity index (χ0n) is 15.8. The third-order valence-corrected chi connectivity index (χ3v) is 7.66. The van der Waals surface area contributed by atoms with Gasteiger partial charge >= 0.3 is 11.9 Å². The molecule has 0 saturated carbocycles. The lowest BCUT2D eigenvalue weighted by Crippen LogP contribution is -2.23. The van der Waals surface area contributed by atoms with Crippen LogP contribution >= 0.6 is 46.4 Å². The molecule has 166 valence electrons. The SMILES string of the molecule is O=C(C[C@H]1CS(=O)(=O)C[C@@H]1CC(=O)Oc1cc(Cl)ccc1Cl)Oc1cc(Cl)ccc1Cl. The third kappa shape index (κ3) is 6.73. The van der Waals surface area contributed by atoms with Crippen LogP contribution in [-0.2, 0) is 19.4 Å². The van der Waals surface area contributed by atoms with Crippen molar-refractivity contribution < 1.29 is 27.5 Å². The van der Waals surface area contributed by atoms with Gasteiger partial charge < -0.3 is 9.47 Å². The first-order valence-corrected chi connectivity index (χ1v) is 12.4. The van der Waals surface area contributed by atoms with Crippen molar-refractivity contribution in [1.82, 2.24) is 0 Å². The van der Waals surface area contributed by atoms with Gasteiger partial charge in [0.1, 0.15) is 0 Å². The molecule has 2 aromatic carbocycles. The van der Waals surface area contributed by atoms with Crippen molar-refractivity contribution in [1.29, 1.82) is 0 Å². The number of sulfone groups is 1. The Bertz CT molecular complexity index is 1040. The molecule has 0 amide bonds. The van der Waals surface area contributed by atoms with Gasteiger partial charge in [-0.15, -0.1) is 0 Å². The van der Waals surface area contributed by atoms with Crippen molar-refractivity contribution in [3.8, 4) is 11.5 Å². The molecular weight excluding hydrogens is 510 g/mol. The van der Waals surface area contributed by atoms with Gasteiger partial charge in [0.2, 0.25) is 0 Å². The van der Waals surface area contributed by atoms with Gasteiger partial charge in [-0.2, -0.15) is 0 Å². The highest BCUT2D eigenvalue weighted by atomic mass is 35.5. The first-order chi connectivity index (χ1) is 14.5. The molecule has 1 saturated heterocycles. The van der Waals surface area contributed by atoms with Crippen LogP contribution in [0.5, 0.6) is 11.5 Å². The highest BCUT2D eigenvalue weighted by Gasteiger charge is 2.40. The minimum atomic E-state index is -3.42. The second-order valence-electron chi connectivity index (χ2n) is 7.10. The fraction of sp³-hybridized carbons (Fsp3) is 0.300. The van der Waals surface area contributed by atoms with E-state index < -0.39 is 33.6 Å². The fourth-order valence-corrected chi connectivity index (χ4v) is 6.17. The highest BCUT2D eigenvalue weighted by Crippen LogP contribution is 2.34. The lowest BCUT2D eigenvalue weighted by atomic mass is 9.90. The minimum absolute atomic E-state index is 0.0755. The molecule has 3 rings (SSSR count). The van der Waals surface area contributed by atoms with Crippen molar-refractivity contribution in [3.05, 3.63) is 56.5 Å². The summed E-state index contributed by atoms with van der Waals surface area (Å²) >= 11 is 23.7. The molecule has 1 fully saturated rings. The van der Waals surface area contributed by atoms with Gasteiger partial charge in [0, 0.05) is 22.2 Å². The van der Waals surface area contributed by atoms with E-state index in [1.807, 2.05) is 0 Å². The highest BCUT2D eigenvalue weighted by molar-refractivity contribution is 7.91. The fourth-order valence-electron chi connectivity index (χ4n) is 3.31. The molecule has 0 spiro atoms. The molecule has 1 aliphatic heterocycles. The van der Waals surface area contributed by atoms with Crippen molar-refractivity contribution in [2.45, 2.75) is 12.8 Å². The molecule has 0 N–H and O–H groups in total. The second kappa shape index (κ2) is 9.96. The Kier molecular flexibility index (Phi) is 7.76. The first-order valence-electron chi connectivity index (χ1n) is 9.04. The summed E-state index contributed by atoms with van der Waals surface area (Å²) in [4.78, 5) is 24.8. The molecular formula is C20H16Cl4O6S. The Morgan fingerprint density at radius 1 is 0.774 bits per heavy atom. The second-order valence-corrected chi connectivity index (χ2v) is 10.9. The number of halogens is 4. The lowest BCUT2D eigenvalue weighted by Gasteiger charge is -2.17. The predicted octanol–water partition coefficient (Wildman–Crippen LogP) is 5.25. The van der Waals surface area contributed by atoms with Gasteiger partial charge in [0.15, 0.2) is 21.3 Å². The van der Waals surface area contributed by atoms with Crippen LogP contribution < -0.4 is 9.47 Å². The van der Waals surface area contributed by atoms with Gasteiger partial charge in [-0.05, 0) is 36.1 Å². The summed E-state index contributed by atoms with van der Waals surface area (Å²) < 4.78 is 34.8. The van der Waals surface area contributed by atoms with Crippen LogP contribution in [0.15, 0.2) is 36.4 Å². The summed E-state index contributed by atoms with van der Waals surface area (Å²) in [5, 5.41) is 1.04. The Morgan fingerprint density at radius 3 is 1.55 bits per heavy atom. The van der Waals surface area contributed by atoms with Gasteiger partial charge in [-0.1, -0.05) is 46.4 Å². The molecule has 0 radical (unpaired) electrons. The molecule has 1 aliphatic rings. The molecule has 2 atom stereocenters. The van der Waals surface area contributed by atoms with Crippen molar-refractivity contribution in [2.75, 3.05) is 11.5 Å². The molecule has 0 bridgehead atoms. The van der Waals surface area contributed by atoms with Crippen LogP contribution in [0.4, 0.5) is 0 Å². The number of esters is 2. The number of hydrogen-bond donors (Lipinski definition) is 0. The summed E-state index contributed by atoms with van der Waals surface area (Å²) in [5.41, 5.74) is 0. The molecule has 0 aromatic heterocycles. The number of benzene rings is 2. The third-order valence-electron chi connectivity index (χ3n) is 4.69. The molecule has 0 unspecified atom stereocenters. The summed E-state index contributed by atoms with van der Waals surface area (Å²) in [6.07, 6.45) is -0.421. The zero-order valence-corrected chi connectivity index (χ0v) is 19.7. The van der Waals surface area contributed by atoms with E-state index in [-0.39, 0.29) is 45.9 Å². The van der Waals surface area contributed by atoms with E-state index in [9.17, 15) is 18.0 Å². The van der Waals surface area contributed by atoms with Gasteiger partial charge in [0.25, 0.3) is 0 Å². The monoisotopic (exact) mass is 524 g/mol. The maximum absolute atomic E-state index is 12.4. The number of carbonyl (C=O) groups excluding carboxylic acids is 2. The largest absolute Gasteiger partial charge is 0.425 e. The topological polar surface area (TPSA) is 86.7 Å². The number of hydrogen-bond acceptors (Lipinski definition) is 6. The Labute approximate surface area is 199 Å². The van der Waals surface area contributed by atoms with E-state index in [0.29, 0.717) is 10.0 Å². The predicted molar refractivity (Wildman–Crippen MR) is 119 cm³/mol. The van der Waals surface area contributed by atoms with Crippen LogP contribution in [-0.4, -0.2) is 31.9 Å². The van der Waals surface area contributed by atoms with Crippen LogP contribution in [0.25, 0.3) is 0 Å². The smallest absolute Gasteiger partial charge is 0.311 e. The van der Waals surface area contributed by atoms with E-state index in [1.54, 1.807) is 12.1 Å². The molecule has 11 heteroatoms. The van der Waals surface area contributed by atoms with E-state index >= 15 is 0 Å². The molecule has 6 nitrogen and oxygen atoms in total. The summed E-state index contributed by atoms with van der Waals surface area (Å²) in [6.45, 7) is 0. The first kappa shape index (κ1) is 24.1. The molecule has 1 heterocycles. The van der Waals surface area contributed by atoms with Crippen molar-refractivity contribution >= 4 is 68.2 Å². The van der Waals surface area contributed by atoms with Crippen LogP contribution in [0, 0.1) is 11.8 Å². The number of ether oxygens (including phenoxy) is 2. The van der Waals surface area contributed by atoms with E-state index in [0.717, 1.165) is 0 Å². The summed E-state index contributed by atoms with van der Waals surface area (Å²) in [5.74, 6) is -2.90. The number of carbonyl (C=O) groups is 2. The van der Waals surface area contributed by atoms with Crippen LogP contribution in [0.1, 0.15) is 12.8 Å². The van der Waals surface area contributed by atoms with E-state index in [2.05, 4.69) is 0 Å². The standard InChI is InChI=1S/C20H16Cl4O6S/c21-13-1-3-15(23)17(7-13)29-19(25)5-11-9-31(27,28)10-12(11)6-20(26)30-18-8-14(22)2-4-16(18)24/h1-4,7-8,11-12H,5-6,9-10H2/t11-,12-/m0/s1. The maximum atomic E-state index is 12.4. The van der Waals surface area contributed by atoms with Gasteiger partial charge in [0.05, 0.1) is 34.4 Å². The normalized spacial score (nSPS) is 19.7. The number of rotatable bonds is 6. The Morgan fingerprint density at radius 2 is 1.16 bits per heavy atom. The van der Waals surface area contributed by atoms with Gasteiger partial charge in [-0.25, -0.2) is 8.42 Å². The summed E-state index contributed by atoms with van der Waals surface area (Å²) in [7, 11) is -3.42. The van der Waals surface area contributed by atoms with Crippen molar-refractivity contribution in [2.24, 2.45) is 11.8 Å². The lowest BCUT2D eigenvalue weighted by molar-refractivity contribution is -0.138. The van der Waals surface area contributed by atoms with Crippen LogP contribution in [0.2, 0.25) is 20.1 Å². The summed E-state index contributed by atoms with van der Waals surface area (Å²) in [6, 6.07) is 8.81. The maximum Gasteiger partial charge on any atom is 0.311 e. The molecule has 0 aliphatic carbocycles.